The highest BCUT2D eigenvalue weighted by Gasteiger charge is 2.42. The fourth-order valence-electron chi connectivity index (χ4n) is 8.25. The minimum absolute atomic E-state index is 0.0197. The van der Waals surface area contributed by atoms with Gasteiger partial charge in [0.1, 0.15) is 26.5 Å². The Hall–Kier alpha value is -1.15. The van der Waals surface area contributed by atoms with Crippen LogP contribution in [-0.4, -0.2) is 108 Å². The third kappa shape index (κ3) is 18.9. The number of rotatable bonds is 34. The molecular weight excluding hydrogens is 692 g/mol. The topological polar surface area (TPSA) is 120 Å². The van der Waals surface area contributed by atoms with E-state index >= 15 is 0 Å². The number of methoxy groups -OCH3 is 3. The first-order valence-corrected chi connectivity index (χ1v) is 21.6. The van der Waals surface area contributed by atoms with Crippen molar-refractivity contribution in [2.45, 2.75) is 216 Å². The van der Waals surface area contributed by atoms with Crippen LogP contribution in [0.15, 0.2) is 11.6 Å². The van der Waals surface area contributed by atoms with Crippen LogP contribution in [0.25, 0.3) is 0 Å². The Morgan fingerprint density at radius 1 is 0.648 bits per heavy atom. The van der Waals surface area contributed by atoms with Gasteiger partial charge in [0.05, 0.1) is 48.8 Å². The van der Waals surface area contributed by atoms with Crippen molar-refractivity contribution in [3.8, 4) is 0 Å². The molecule has 3 aliphatic heterocycles. The molecule has 0 aromatic heterocycles. The van der Waals surface area contributed by atoms with Crippen LogP contribution in [0.1, 0.15) is 162 Å². The van der Waals surface area contributed by atoms with Gasteiger partial charge in [-0.05, 0) is 70.8 Å². The van der Waals surface area contributed by atoms with Gasteiger partial charge in [0.2, 0.25) is 0 Å². The number of hydrogen-bond acceptors (Lipinski definition) is 11. The van der Waals surface area contributed by atoms with E-state index in [4.69, 9.17) is 42.6 Å². The normalized spacial score (nSPS) is 25.2. The highest BCUT2D eigenvalue weighted by Crippen LogP contribution is 2.36. The summed E-state index contributed by atoms with van der Waals surface area (Å²) in [5.74, 6) is -0.247. The lowest BCUT2D eigenvalue weighted by atomic mass is 9.99. The molecule has 0 radical (unpaired) electrons. The van der Waals surface area contributed by atoms with Gasteiger partial charge < -0.3 is 47.7 Å². The first-order chi connectivity index (χ1) is 26.4. The summed E-state index contributed by atoms with van der Waals surface area (Å²) in [6.45, 7) is 4.88. The van der Waals surface area contributed by atoms with E-state index in [1.165, 1.54) is 44.9 Å². The molecule has 54 heavy (non-hydrogen) atoms. The van der Waals surface area contributed by atoms with Gasteiger partial charge in [-0.3, -0.25) is 0 Å². The summed E-state index contributed by atoms with van der Waals surface area (Å²) >= 11 is 0. The summed E-state index contributed by atoms with van der Waals surface area (Å²) in [5, 5.41) is 10.7. The maximum atomic E-state index is 12.0. The van der Waals surface area contributed by atoms with Gasteiger partial charge in [-0.25, -0.2) is 4.79 Å². The molecule has 0 aromatic carbocycles. The Balaban J connectivity index is 1.31. The lowest BCUT2D eigenvalue weighted by Gasteiger charge is -2.27. The first-order valence-electron chi connectivity index (χ1n) is 21.6. The molecule has 3 heterocycles. The Kier molecular flexibility index (Phi) is 25.5. The van der Waals surface area contributed by atoms with E-state index in [1.54, 1.807) is 21.3 Å². The molecule has 11 heteroatoms. The second-order valence-electron chi connectivity index (χ2n) is 15.8. The second-order valence-corrected chi connectivity index (χ2v) is 15.8. The standard InChI is InChI=1S/C43H78O11/c1-6-7-8-9-10-11-12-16-22-37(50-31-47-4)39-24-26-41(53-39)42-27-25-40(54-42)38(51-32-48-5)23-18-17-20-35(44)19-14-13-15-21-36(49-30-46-3)29-34-28-33(2)52-43(34)45/h28,33,35-42,44H,6-27,29-32H2,1-5H3/t33-,35?,36?,37+,38?,39+,40+,41+,42+/m0/s1. The Morgan fingerprint density at radius 3 is 1.65 bits per heavy atom. The number of aliphatic hydroxyl groups excluding tert-OH is 1. The summed E-state index contributed by atoms with van der Waals surface area (Å²) < 4.78 is 52.3. The fourth-order valence-corrected chi connectivity index (χ4v) is 8.25. The molecule has 2 fully saturated rings. The molecule has 0 aliphatic carbocycles. The SMILES string of the molecule is CCCCCCCCCC[C@@H](OCOC)[C@H]1CC[C@H]([C@H]2CC[C@H](C(CCCCC(O)CCCCCC(CC3=C[C@H](C)OC3=O)OCOC)OCOC)O2)O1. The number of cyclic esters (lactones) is 1. The molecule has 316 valence electrons. The number of ether oxygens (including phenoxy) is 9. The van der Waals surface area contributed by atoms with Crippen LogP contribution in [0, 0.1) is 0 Å². The van der Waals surface area contributed by atoms with Crippen molar-refractivity contribution in [2.75, 3.05) is 41.7 Å². The van der Waals surface area contributed by atoms with E-state index in [2.05, 4.69) is 6.92 Å². The van der Waals surface area contributed by atoms with Crippen molar-refractivity contribution in [3.05, 3.63) is 11.6 Å². The molecule has 2 saturated heterocycles. The first kappa shape index (κ1) is 47.2. The molecule has 3 rings (SSSR count). The maximum Gasteiger partial charge on any atom is 0.334 e. The van der Waals surface area contributed by atoms with E-state index in [1.807, 2.05) is 13.0 Å². The quantitative estimate of drug-likeness (QED) is 0.0384. The monoisotopic (exact) mass is 771 g/mol. The number of unbranched alkanes of at least 4 members (excludes halogenated alkanes) is 10. The summed E-state index contributed by atoms with van der Waals surface area (Å²) in [5.41, 5.74) is 0.687. The maximum absolute atomic E-state index is 12.0. The number of carbonyl (C=O) groups excluding carboxylic acids is 1. The molecule has 0 bridgehead atoms. The van der Waals surface area contributed by atoms with Crippen molar-refractivity contribution in [2.24, 2.45) is 0 Å². The van der Waals surface area contributed by atoms with E-state index in [0.29, 0.717) is 18.8 Å². The zero-order chi connectivity index (χ0) is 38.8. The lowest BCUT2D eigenvalue weighted by molar-refractivity contribution is -0.158. The molecule has 0 spiro atoms. The Bertz CT molecular complexity index is 979. The van der Waals surface area contributed by atoms with Crippen LogP contribution in [0.3, 0.4) is 0 Å². The van der Waals surface area contributed by atoms with Crippen molar-refractivity contribution < 1.29 is 52.5 Å². The second kappa shape index (κ2) is 29.1. The molecular formula is C43H78O11. The van der Waals surface area contributed by atoms with E-state index < -0.39 is 0 Å². The molecule has 1 N–H and O–H groups in total. The Labute approximate surface area is 327 Å². The number of esters is 1. The van der Waals surface area contributed by atoms with E-state index in [9.17, 15) is 9.90 Å². The van der Waals surface area contributed by atoms with Gasteiger partial charge in [0, 0.05) is 33.3 Å². The molecule has 0 amide bonds. The van der Waals surface area contributed by atoms with Gasteiger partial charge in [-0.2, -0.15) is 0 Å². The largest absolute Gasteiger partial charge is 0.455 e. The average Bonchev–Trinajstić information content (AvgIpc) is 3.92. The highest BCUT2D eigenvalue weighted by molar-refractivity contribution is 5.90. The van der Waals surface area contributed by atoms with Crippen molar-refractivity contribution >= 4 is 5.97 Å². The number of carbonyl (C=O) groups is 1. The number of hydrogen-bond donors (Lipinski definition) is 1. The van der Waals surface area contributed by atoms with Gasteiger partial charge in [-0.1, -0.05) is 90.4 Å². The van der Waals surface area contributed by atoms with E-state index in [0.717, 1.165) is 96.3 Å². The minimum Gasteiger partial charge on any atom is -0.455 e. The molecule has 0 saturated carbocycles. The summed E-state index contributed by atoms with van der Waals surface area (Å²) in [6.07, 6.45) is 25.5. The van der Waals surface area contributed by atoms with Crippen LogP contribution in [-0.2, 0) is 47.4 Å². The highest BCUT2D eigenvalue weighted by atomic mass is 16.7. The predicted molar refractivity (Wildman–Crippen MR) is 209 cm³/mol. The van der Waals surface area contributed by atoms with Crippen LogP contribution in [0.5, 0.6) is 0 Å². The van der Waals surface area contributed by atoms with Gasteiger partial charge >= 0.3 is 5.97 Å². The van der Waals surface area contributed by atoms with Crippen molar-refractivity contribution in [1.82, 2.24) is 0 Å². The molecule has 11 nitrogen and oxygen atoms in total. The molecule has 0 aromatic rings. The molecule has 9 atom stereocenters. The zero-order valence-electron chi connectivity index (χ0n) is 34.7. The summed E-state index contributed by atoms with van der Waals surface area (Å²) in [6, 6.07) is 0. The van der Waals surface area contributed by atoms with Crippen molar-refractivity contribution in [3.63, 3.8) is 0 Å². The summed E-state index contributed by atoms with van der Waals surface area (Å²) in [7, 11) is 4.94. The number of aliphatic hydroxyl groups is 1. The van der Waals surface area contributed by atoms with Gasteiger partial charge in [0.25, 0.3) is 0 Å². The van der Waals surface area contributed by atoms with Crippen molar-refractivity contribution in [1.29, 1.82) is 0 Å². The lowest BCUT2D eigenvalue weighted by Crippen LogP contribution is -2.35. The third-order valence-corrected chi connectivity index (χ3v) is 11.3. The van der Waals surface area contributed by atoms with Crippen LogP contribution in [0.2, 0.25) is 0 Å². The van der Waals surface area contributed by atoms with Gasteiger partial charge in [-0.15, -0.1) is 0 Å². The average molecular weight is 771 g/mol. The molecule has 3 aliphatic rings. The molecule has 3 unspecified atom stereocenters. The zero-order valence-corrected chi connectivity index (χ0v) is 34.7. The third-order valence-electron chi connectivity index (χ3n) is 11.3. The van der Waals surface area contributed by atoms with Crippen LogP contribution >= 0.6 is 0 Å². The van der Waals surface area contributed by atoms with Gasteiger partial charge in [0.15, 0.2) is 0 Å². The van der Waals surface area contributed by atoms with E-state index in [-0.39, 0.29) is 74.5 Å². The van der Waals surface area contributed by atoms with Crippen LogP contribution in [0.4, 0.5) is 0 Å². The predicted octanol–water partition coefficient (Wildman–Crippen LogP) is 8.71. The minimum atomic E-state index is -0.310. The fraction of sp³-hybridized carbons (Fsp3) is 0.930. The Morgan fingerprint density at radius 2 is 1.11 bits per heavy atom. The summed E-state index contributed by atoms with van der Waals surface area (Å²) in [4.78, 5) is 12.0. The smallest absolute Gasteiger partial charge is 0.334 e. The van der Waals surface area contributed by atoms with Crippen LogP contribution < -0.4 is 0 Å².